The van der Waals surface area contributed by atoms with Gasteiger partial charge < -0.3 is 0 Å². The van der Waals surface area contributed by atoms with Gasteiger partial charge in [-0.2, -0.15) is 13.2 Å². The monoisotopic (exact) mass is 406 g/mol. The lowest BCUT2D eigenvalue weighted by atomic mass is 9.92. The van der Waals surface area contributed by atoms with Crippen molar-refractivity contribution in [2.24, 2.45) is 5.41 Å². The molecule has 6 heteroatoms. The summed E-state index contributed by atoms with van der Waals surface area (Å²) in [5.41, 5.74) is 2.89. The molecular weight excluding hydrogens is 377 g/mol. The number of aryl methyl sites for hydroxylation is 1. The number of carbonyl (C=O) groups excluding carboxylic acids is 1. The predicted octanol–water partition coefficient (Wildman–Crippen LogP) is 5.94. The van der Waals surface area contributed by atoms with Crippen LogP contribution in [0, 0.1) is 5.41 Å². The third kappa shape index (κ3) is 4.74. The van der Waals surface area contributed by atoms with Crippen molar-refractivity contribution in [1.82, 2.24) is 10.4 Å². The maximum atomic E-state index is 14.1. The first-order chi connectivity index (χ1) is 13.6. The number of carbonyl (C=O) groups is 1. The summed E-state index contributed by atoms with van der Waals surface area (Å²) in [6, 6.07) is 8.87. The lowest BCUT2D eigenvalue weighted by Gasteiger charge is -2.30. The minimum Gasteiger partial charge on any atom is -0.287 e. The van der Waals surface area contributed by atoms with E-state index >= 15 is 0 Å². The number of rotatable bonds is 7. The highest BCUT2D eigenvalue weighted by molar-refractivity contribution is 5.87. The van der Waals surface area contributed by atoms with E-state index < -0.39 is 17.6 Å². The number of halogens is 3. The summed E-state index contributed by atoms with van der Waals surface area (Å²) in [5, 5.41) is 2.41. The lowest BCUT2D eigenvalue weighted by molar-refractivity contribution is -0.191. The van der Waals surface area contributed by atoms with Crippen LogP contribution < -0.4 is 5.43 Å². The van der Waals surface area contributed by atoms with Gasteiger partial charge in [-0.05, 0) is 48.6 Å². The molecule has 2 aromatic carbocycles. The molecular formula is C23H29F3N2O. The highest BCUT2D eigenvalue weighted by atomic mass is 19.4. The molecule has 1 amide bonds. The average Bonchev–Trinajstić information content (AvgIpc) is 2.90. The Morgan fingerprint density at radius 3 is 2.52 bits per heavy atom. The van der Waals surface area contributed by atoms with E-state index in [0.717, 1.165) is 35.2 Å². The molecule has 0 aliphatic carbocycles. The Balaban J connectivity index is 1.94. The van der Waals surface area contributed by atoms with Gasteiger partial charge in [0.2, 0.25) is 5.91 Å². The number of nitrogens with zero attached hydrogens (tertiary/aromatic N) is 1. The number of benzene rings is 2. The van der Waals surface area contributed by atoms with E-state index in [1.165, 1.54) is 18.9 Å². The molecule has 1 heterocycles. The first-order valence-electron chi connectivity index (χ1n) is 10.3. The van der Waals surface area contributed by atoms with Crippen molar-refractivity contribution in [3.8, 4) is 0 Å². The molecule has 158 valence electrons. The summed E-state index contributed by atoms with van der Waals surface area (Å²) < 4.78 is 42.3. The number of fused-ring (bicyclic) bond motifs is 1. The second-order valence-corrected chi connectivity index (χ2v) is 8.61. The van der Waals surface area contributed by atoms with E-state index in [9.17, 15) is 18.0 Å². The molecule has 0 saturated carbocycles. The molecule has 2 aromatic rings. The maximum Gasteiger partial charge on any atom is 0.409 e. The Hall–Kier alpha value is -2.08. The summed E-state index contributed by atoms with van der Waals surface area (Å²) >= 11 is 0. The second kappa shape index (κ2) is 8.34. The van der Waals surface area contributed by atoms with Crippen LogP contribution in [0.25, 0.3) is 10.8 Å². The van der Waals surface area contributed by atoms with Gasteiger partial charge in [0.15, 0.2) is 6.04 Å². The molecule has 1 aliphatic heterocycles. The average molecular weight is 406 g/mol. The number of hydrazine groups is 1. The molecule has 0 aromatic heterocycles. The Bertz CT molecular complexity index is 876. The van der Waals surface area contributed by atoms with E-state index in [1.807, 2.05) is 18.2 Å². The van der Waals surface area contributed by atoms with E-state index in [0.29, 0.717) is 5.39 Å². The van der Waals surface area contributed by atoms with Crippen LogP contribution in [0.2, 0.25) is 0 Å². The first-order valence-corrected chi connectivity index (χ1v) is 10.3. The van der Waals surface area contributed by atoms with Gasteiger partial charge in [-0.1, -0.05) is 62.6 Å². The highest BCUT2D eigenvalue weighted by Gasteiger charge is 2.51. The van der Waals surface area contributed by atoms with Crippen LogP contribution in [0.5, 0.6) is 0 Å². The van der Waals surface area contributed by atoms with Gasteiger partial charge in [-0.3, -0.25) is 10.2 Å². The van der Waals surface area contributed by atoms with Gasteiger partial charge in [-0.25, -0.2) is 5.01 Å². The Labute approximate surface area is 170 Å². The van der Waals surface area contributed by atoms with Crippen molar-refractivity contribution in [2.75, 3.05) is 6.54 Å². The molecule has 0 spiro atoms. The van der Waals surface area contributed by atoms with Gasteiger partial charge in [0, 0.05) is 6.54 Å². The SMILES string of the molecule is CCCCCCc1ccc2c([C@H](N3CC(C)(C)C(=O)N3)C(F)(F)F)cccc2c1. The van der Waals surface area contributed by atoms with Crippen molar-refractivity contribution in [3.63, 3.8) is 0 Å². The minimum atomic E-state index is -4.51. The van der Waals surface area contributed by atoms with Crippen molar-refractivity contribution < 1.29 is 18.0 Å². The number of amides is 1. The summed E-state index contributed by atoms with van der Waals surface area (Å²) in [7, 11) is 0. The summed E-state index contributed by atoms with van der Waals surface area (Å²) in [5.74, 6) is -0.388. The molecule has 0 unspecified atom stereocenters. The molecule has 1 N–H and O–H groups in total. The van der Waals surface area contributed by atoms with E-state index in [-0.39, 0.29) is 18.0 Å². The van der Waals surface area contributed by atoms with E-state index in [2.05, 4.69) is 12.3 Å². The van der Waals surface area contributed by atoms with Gasteiger partial charge in [0.05, 0.1) is 5.41 Å². The standard InChI is InChI=1S/C23H29F3N2O/c1-4-5-6-7-9-16-12-13-18-17(14-16)10-8-11-19(18)20(23(24,25)26)28-15-22(2,3)21(29)27-28/h8,10-14,20H,4-7,9,15H2,1-3H3,(H,27,29)/t20-/m0/s1. The molecule has 3 nitrogen and oxygen atoms in total. The number of nitrogens with one attached hydrogen (secondary N) is 1. The van der Waals surface area contributed by atoms with Crippen molar-refractivity contribution in [1.29, 1.82) is 0 Å². The zero-order chi connectivity index (χ0) is 21.2. The topological polar surface area (TPSA) is 32.3 Å². The van der Waals surface area contributed by atoms with Gasteiger partial charge >= 0.3 is 6.18 Å². The molecule has 3 rings (SSSR count). The van der Waals surface area contributed by atoms with Gasteiger partial charge in [-0.15, -0.1) is 0 Å². The van der Waals surface area contributed by atoms with E-state index in [1.54, 1.807) is 26.0 Å². The fraction of sp³-hybridized carbons (Fsp3) is 0.522. The van der Waals surface area contributed by atoms with Crippen LogP contribution in [-0.2, 0) is 11.2 Å². The second-order valence-electron chi connectivity index (χ2n) is 8.61. The summed E-state index contributed by atoms with van der Waals surface area (Å²) in [6.45, 7) is 5.48. The fourth-order valence-corrected chi connectivity index (χ4v) is 4.00. The maximum absolute atomic E-state index is 14.1. The largest absolute Gasteiger partial charge is 0.409 e. The number of unbranched alkanes of at least 4 members (excludes halogenated alkanes) is 3. The van der Waals surface area contributed by atoms with E-state index in [4.69, 9.17) is 0 Å². The fourth-order valence-electron chi connectivity index (χ4n) is 4.00. The zero-order valence-electron chi connectivity index (χ0n) is 17.3. The highest BCUT2D eigenvalue weighted by Crippen LogP contribution is 2.42. The minimum absolute atomic E-state index is 0.00189. The summed E-state index contributed by atoms with van der Waals surface area (Å²) in [4.78, 5) is 12.1. The third-order valence-electron chi connectivity index (χ3n) is 5.64. The molecule has 1 saturated heterocycles. The summed E-state index contributed by atoms with van der Waals surface area (Å²) in [6.07, 6.45) is 1.03. The van der Waals surface area contributed by atoms with Crippen LogP contribution in [0.1, 0.15) is 63.6 Å². The van der Waals surface area contributed by atoms with Gasteiger partial charge in [0.25, 0.3) is 0 Å². The predicted molar refractivity (Wildman–Crippen MR) is 109 cm³/mol. The number of alkyl halides is 3. The molecule has 1 fully saturated rings. The molecule has 1 atom stereocenters. The molecule has 0 radical (unpaired) electrons. The lowest BCUT2D eigenvalue weighted by Crippen LogP contribution is -2.43. The molecule has 29 heavy (non-hydrogen) atoms. The number of hydrogen-bond acceptors (Lipinski definition) is 2. The van der Waals surface area contributed by atoms with Crippen molar-refractivity contribution in [3.05, 3.63) is 47.5 Å². The van der Waals surface area contributed by atoms with Crippen LogP contribution in [0.15, 0.2) is 36.4 Å². The third-order valence-corrected chi connectivity index (χ3v) is 5.64. The van der Waals surface area contributed by atoms with Crippen LogP contribution in [-0.4, -0.2) is 23.6 Å². The smallest absolute Gasteiger partial charge is 0.287 e. The molecule has 0 bridgehead atoms. The van der Waals surface area contributed by atoms with Crippen LogP contribution >= 0.6 is 0 Å². The quantitative estimate of drug-likeness (QED) is 0.577. The van der Waals surface area contributed by atoms with Gasteiger partial charge in [0.1, 0.15) is 0 Å². The first kappa shape index (κ1) is 21.6. The van der Waals surface area contributed by atoms with Crippen molar-refractivity contribution in [2.45, 2.75) is 65.1 Å². The normalized spacial score (nSPS) is 18.2. The number of hydrogen-bond donors (Lipinski definition) is 1. The Morgan fingerprint density at radius 2 is 1.90 bits per heavy atom. The zero-order valence-corrected chi connectivity index (χ0v) is 17.3. The van der Waals surface area contributed by atoms with Crippen molar-refractivity contribution >= 4 is 16.7 Å². The van der Waals surface area contributed by atoms with Crippen LogP contribution in [0.3, 0.4) is 0 Å². The van der Waals surface area contributed by atoms with Crippen LogP contribution in [0.4, 0.5) is 13.2 Å². The Morgan fingerprint density at radius 1 is 1.14 bits per heavy atom. The Kier molecular flexibility index (Phi) is 6.22. The molecule has 1 aliphatic rings.